The van der Waals surface area contributed by atoms with Crippen LogP contribution in [0, 0.1) is 0 Å². The maximum Gasteiger partial charge on any atom is 0.257 e. The number of rotatable bonds is 3. The third kappa shape index (κ3) is 3.91. The van der Waals surface area contributed by atoms with E-state index in [0.29, 0.717) is 25.2 Å². The molecule has 0 radical (unpaired) electrons. The number of aromatic nitrogens is 1. The van der Waals surface area contributed by atoms with Gasteiger partial charge in [-0.3, -0.25) is 9.69 Å². The molecule has 0 spiro atoms. The van der Waals surface area contributed by atoms with Gasteiger partial charge < -0.3 is 10.0 Å². The molecule has 1 fully saturated rings. The number of carbonyl (C=O) groups excluding carboxylic acids is 1. The first-order valence-electron chi connectivity index (χ1n) is 6.71. The minimum Gasteiger partial charge on any atom is -0.389 e. The van der Waals surface area contributed by atoms with Crippen molar-refractivity contribution in [3.8, 4) is 0 Å². The van der Waals surface area contributed by atoms with Crippen LogP contribution in [0.5, 0.6) is 0 Å². The number of aliphatic hydroxyl groups is 1. The standard InChI is InChI=1S/C14H20ClN3O2/c1-14(2,20)10-17-6-8-18(9-7-17)13(19)11-4-3-5-16-12(11)15/h3-5,20H,6-10H2,1-2H3. The lowest BCUT2D eigenvalue weighted by molar-refractivity contribution is 0.0178. The molecule has 0 unspecified atom stereocenters. The lowest BCUT2D eigenvalue weighted by atomic mass is 10.1. The van der Waals surface area contributed by atoms with Gasteiger partial charge in [0.25, 0.3) is 5.91 Å². The van der Waals surface area contributed by atoms with Gasteiger partial charge in [0.15, 0.2) is 0 Å². The Bertz CT molecular complexity index is 480. The van der Waals surface area contributed by atoms with Gasteiger partial charge in [0.2, 0.25) is 0 Å². The molecular formula is C14H20ClN3O2. The van der Waals surface area contributed by atoms with Crippen LogP contribution in [0.1, 0.15) is 24.2 Å². The smallest absolute Gasteiger partial charge is 0.257 e. The van der Waals surface area contributed by atoms with E-state index in [1.807, 2.05) is 0 Å². The Morgan fingerprint density at radius 2 is 2.05 bits per heavy atom. The summed E-state index contributed by atoms with van der Waals surface area (Å²) >= 11 is 5.95. The first-order valence-corrected chi connectivity index (χ1v) is 7.09. The second-order valence-corrected chi connectivity index (χ2v) is 6.08. The quantitative estimate of drug-likeness (QED) is 0.854. The number of carbonyl (C=O) groups is 1. The fourth-order valence-corrected chi connectivity index (χ4v) is 2.57. The zero-order chi connectivity index (χ0) is 14.8. The minimum atomic E-state index is -0.709. The molecule has 0 saturated carbocycles. The van der Waals surface area contributed by atoms with E-state index in [0.717, 1.165) is 13.1 Å². The Kier molecular flexibility index (Phi) is 4.62. The first kappa shape index (κ1) is 15.2. The van der Waals surface area contributed by atoms with Crippen LogP contribution in [0.3, 0.4) is 0 Å². The summed E-state index contributed by atoms with van der Waals surface area (Å²) in [6.45, 7) is 6.99. The first-order chi connectivity index (χ1) is 9.37. The number of hydrogen-bond acceptors (Lipinski definition) is 4. The van der Waals surface area contributed by atoms with Gasteiger partial charge in [-0.2, -0.15) is 0 Å². The van der Waals surface area contributed by atoms with E-state index in [4.69, 9.17) is 11.6 Å². The Morgan fingerprint density at radius 1 is 1.40 bits per heavy atom. The third-order valence-electron chi connectivity index (χ3n) is 3.26. The number of β-amino-alcohol motifs (C(OH)–C–C–N with tert-alkyl or cyclic N) is 1. The van der Waals surface area contributed by atoms with Crippen molar-refractivity contribution in [2.45, 2.75) is 19.4 Å². The second kappa shape index (κ2) is 6.08. The van der Waals surface area contributed by atoms with E-state index < -0.39 is 5.60 Å². The zero-order valence-corrected chi connectivity index (χ0v) is 12.6. The van der Waals surface area contributed by atoms with Crippen LogP contribution in [0.2, 0.25) is 5.15 Å². The van der Waals surface area contributed by atoms with Crippen molar-refractivity contribution in [1.82, 2.24) is 14.8 Å². The molecule has 5 nitrogen and oxygen atoms in total. The number of amides is 1. The van der Waals surface area contributed by atoms with Crippen LogP contribution in [0.15, 0.2) is 18.3 Å². The molecule has 1 N–H and O–H groups in total. The summed E-state index contributed by atoms with van der Waals surface area (Å²) in [5.74, 6) is -0.0778. The van der Waals surface area contributed by atoms with Crippen molar-refractivity contribution in [3.05, 3.63) is 29.0 Å². The Balaban J connectivity index is 1.94. The molecule has 1 aliphatic heterocycles. The summed E-state index contributed by atoms with van der Waals surface area (Å²) in [5, 5.41) is 10.1. The van der Waals surface area contributed by atoms with Crippen LogP contribution in [0.25, 0.3) is 0 Å². The second-order valence-electron chi connectivity index (χ2n) is 5.72. The van der Waals surface area contributed by atoms with Crippen LogP contribution in [-0.2, 0) is 0 Å². The molecule has 0 aromatic carbocycles. The average Bonchev–Trinajstić information content (AvgIpc) is 2.37. The molecule has 1 aromatic rings. The highest BCUT2D eigenvalue weighted by Crippen LogP contribution is 2.16. The van der Waals surface area contributed by atoms with Gasteiger partial charge in [0, 0.05) is 38.9 Å². The molecule has 0 atom stereocenters. The summed E-state index contributed by atoms with van der Waals surface area (Å²) in [6, 6.07) is 3.41. The normalized spacial score (nSPS) is 17.3. The van der Waals surface area contributed by atoms with Gasteiger partial charge in [0.05, 0.1) is 11.2 Å². The number of piperazine rings is 1. The molecule has 1 aliphatic rings. The van der Waals surface area contributed by atoms with Gasteiger partial charge in [0.1, 0.15) is 5.15 Å². The Hall–Kier alpha value is -1.17. The fourth-order valence-electron chi connectivity index (χ4n) is 2.37. The largest absolute Gasteiger partial charge is 0.389 e. The molecule has 0 aliphatic carbocycles. The third-order valence-corrected chi connectivity index (χ3v) is 3.56. The van der Waals surface area contributed by atoms with E-state index >= 15 is 0 Å². The molecule has 1 saturated heterocycles. The Labute approximate surface area is 124 Å². The van der Waals surface area contributed by atoms with Gasteiger partial charge in [-0.15, -0.1) is 0 Å². The predicted octanol–water partition coefficient (Wildman–Crippen LogP) is 1.26. The monoisotopic (exact) mass is 297 g/mol. The van der Waals surface area contributed by atoms with Crippen LogP contribution in [0.4, 0.5) is 0 Å². The maximum absolute atomic E-state index is 12.3. The van der Waals surface area contributed by atoms with E-state index in [-0.39, 0.29) is 11.1 Å². The SMILES string of the molecule is CC(C)(O)CN1CCN(C(=O)c2cccnc2Cl)CC1. The highest BCUT2D eigenvalue weighted by molar-refractivity contribution is 6.32. The van der Waals surface area contributed by atoms with Crippen molar-refractivity contribution in [2.75, 3.05) is 32.7 Å². The van der Waals surface area contributed by atoms with Crippen molar-refractivity contribution < 1.29 is 9.90 Å². The molecule has 0 bridgehead atoms. The van der Waals surface area contributed by atoms with Gasteiger partial charge in [-0.1, -0.05) is 11.6 Å². The molecule has 110 valence electrons. The topological polar surface area (TPSA) is 56.7 Å². The van der Waals surface area contributed by atoms with Crippen molar-refractivity contribution in [3.63, 3.8) is 0 Å². The molecule has 2 heterocycles. The number of hydrogen-bond donors (Lipinski definition) is 1. The average molecular weight is 298 g/mol. The molecule has 1 aromatic heterocycles. The van der Waals surface area contributed by atoms with Crippen molar-refractivity contribution >= 4 is 17.5 Å². The van der Waals surface area contributed by atoms with Gasteiger partial charge in [-0.05, 0) is 26.0 Å². The van der Waals surface area contributed by atoms with E-state index in [2.05, 4.69) is 9.88 Å². The van der Waals surface area contributed by atoms with Crippen LogP contribution >= 0.6 is 11.6 Å². The lowest BCUT2D eigenvalue weighted by Gasteiger charge is -2.37. The number of pyridine rings is 1. The molecular weight excluding hydrogens is 278 g/mol. The van der Waals surface area contributed by atoms with E-state index in [1.54, 1.807) is 37.1 Å². The summed E-state index contributed by atoms with van der Waals surface area (Å²) in [7, 11) is 0. The van der Waals surface area contributed by atoms with Crippen molar-refractivity contribution in [1.29, 1.82) is 0 Å². The molecule has 2 rings (SSSR count). The summed E-state index contributed by atoms with van der Waals surface area (Å²) in [5.41, 5.74) is -0.260. The van der Waals surface area contributed by atoms with Crippen LogP contribution < -0.4 is 0 Å². The van der Waals surface area contributed by atoms with E-state index in [1.165, 1.54) is 0 Å². The van der Waals surface area contributed by atoms with Gasteiger partial charge in [-0.25, -0.2) is 4.98 Å². The molecule has 6 heteroatoms. The Morgan fingerprint density at radius 3 is 2.60 bits per heavy atom. The molecule has 1 amide bonds. The number of nitrogens with zero attached hydrogens (tertiary/aromatic N) is 3. The van der Waals surface area contributed by atoms with Crippen molar-refractivity contribution in [2.24, 2.45) is 0 Å². The minimum absolute atomic E-state index is 0.0778. The maximum atomic E-state index is 12.3. The van der Waals surface area contributed by atoms with Gasteiger partial charge >= 0.3 is 0 Å². The highest BCUT2D eigenvalue weighted by atomic mass is 35.5. The van der Waals surface area contributed by atoms with Crippen LogP contribution in [-0.4, -0.2) is 64.1 Å². The molecule has 20 heavy (non-hydrogen) atoms. The van der Waals surface area contributed by atoms with E-state index in [9.17, 15) is 9.90 Å². The predicted molar refractivity (Wildman–Crippen MR) is 77.9 cm³/mol. The highest BCUT2D eigenvalue weighted by Gasteiger charge is 2.26. The number of halogens is 1. The zero-order valence-electron chi connectivity index (χ0n) is 11.8. The fraction of sp³-hybridized carbons (Fsp3) is 0.571. The summed E-state index contributed by atoms with van der Waals surface area (Å²) in [6.07, 6.45) is 1.57. The lowest BCUT2D eigenvalue weighted by Crippen LogP contribution is -2.52. The summed E-state index contributed by atoms with van der Waals surface area (Å²) in [4.78, 5) is 20.2. The summed E-state index contributed by atoms with van der Waals surface area (Å²) < 4.78 is 0.